The van der Waals surface area contributed by atoms with Gasteiger partial charge in [-0.3, -0.25) is 0 Å². The Morgan fingerprint density at radius 2 is 2.62 bits per heavy atom. The first-order valence-electron chi connectivity index (χ1n) is 2.24. The van der Waals surface area contributed by atoms with Gasteiger partial charge in [-0.1, -0.05) is 5.16 Å². The van der Waals surface area contributed by atoms with Gasteiger partial charge in [-0.2, -0.15) is 4.98 Å². The van der Waals surface area contributed by atoms with E-state index >= 15 is 0 Å². The molecule has 1 aromatic heterocycles. The maximum absolute atomic E-state index is 5.37. The van der Waals surface area contributed by atoms with Crippen LogP contribution in [-0.2, 0) is 6.42 Å². The molecule has 0 saturated carbocycles. The van der Waals surface area contributed by atoms with E-state index in [9.17, 15) is 0 Å². The minimum Gasteiger partial charge on any atom is -0.343 e. The van der Waals surface area contributed by atoms with Crippen molar-refractivity contribution in [2.24, 2.45) is 0 Å². The molecule has 0 aliphatic rings. The van der Waals surface area contributed by atoms with Crippen LogP contribution in [0.5, 0.6) is 0 Å². The lowest BCUT2D eigenvalue weighted by Crippen LogP contribution is -1.86. The zero-order chi connectivity index (χ0) is 5.82. The summed E-state index contributed by atoms with van der Waals surface area (Å²) in [5.41, 5.74) is 0. The summed E-state index contributed by atoms with van der Waals surface area (Å²) in [6, 6.07) is 0. The fourth-order valence-corrected chi connectivity index (χ4v) is 0.556. The molecule has 1 rings (SSSR count). The van der Waals surface area contributed by atoms with E-state index in [0.717, 1.165) is 0 Å². The van der Waals surface area contributed by atoms with Gasteiger partial charge in [-0.15, -0.1) is 11.6 Å². The predicted octanol–water partition coefficient (Wildman–Crippen LogP) is 0.851. The highest BCUT2D eigenvalue weighted by Crippen LogP contribution is 1.90. The van der Waals surface area contributed by atoms with Gasteiger partial charge in [-0.05, 0) is 0 Å². The van der Waals surface area contributed by atoms with Crippen molar-refractivity contribution in [2.75, 3.05) is 5.88 Å². The van der Waals surface area contributed by atoms with E-state index in [4.69, 9.17) is 11.6 Å². The maximum Gasteiger partial charge on any atom is 0.213 e. The van der Waals surface area contributed by atoms with Crippen molar-refractivity contribution in [2.45, 2.75) is 6.42 Å². The third kappa shape index (κ3) is 1.20. The van der Waals surface area contributed by atoms with Crippen LogP contribution in [0.15, 0.2) is 10.9 Å². The van der Waals surface area contributed by atoms with Crippen LogP contribution in [0.4, 0.5) is 0 Å². The fourth-order valence-electron chi connectivity index (χ4n) is 0.387. The van der Waals surface area contributed by atoms with Gasteiger partial charge < -0.3 is 4.52 Å². The highest BCUT2D eigenvalue weighted by atomic mass is 35.5. The highest BCUT2D eigenvalue weighted by Gasteiger charge is 1.93. The van der Waals surface area contributed by atoms with E-state index in [1.165, 1.54) is 6.39 Å². The molecular formula is C4H5ClN2O. The van der Waals surface area contributed by atoms with E-state index in [1.807, 2.05) is 0 Å². The molecule has 0 unspecified atom stereocenters. The molecule has 0 saturated heterocycles. The lowest BCUT2D eigenvalue weighted by molar-refractivity contribution is 0.410. The van der Waals surface area contributed by atoms with Crippen LogP contribution in [0, 0.1) is 0 Å². The smallest absolute Gasteiger partial charge is 0.213 e. The van der Waals surface area contributed by atoms with Gasteiger partial charge in [0.1, 0.15) is 0 Å². The first-order valence-corrected chi connectivity index (χ1v) is 2.78. The van der Waals surface area contributed by atoms with Crippen molar-refractivity contribution in [1.29, 1.82) is 0 Å². The Kier molecular flexibility index (Phi) is 1.86. The number of hydrogen-bond donors (Lipinski definition) is 0. The molecule has 4 heteroatoms. The standard InChI is InChI=1S/C4H5ClN2O/c5-2-1-4-6-3-8-7-4/h3H,1-2H2. The fraction of sp³-hybridized carbons (Fsp3) is 0.500. The second kappa shape index (κ2) is 2.67. The van der Waals surface area contributed by atoms with E-state index in [2.05, 4.69) is 14.7 Å². The summed E-state index contributed by atoms with van der Waals surface area (Å²) in [5.74, 6) is 1.21. The Morgan fingerprint density at radius 1 is 1.75 bits per heavy atom. The van der Waals surface area contributed by atoms with Crippen molar-refractivity contribution in [3.05, 3.63) is 12.2 Å². The summed E-state index contributed by atoms with van der Waals surface area (Å²) in [6.45, 7) is 0. The molecule has 1 heterocycles. The first-order chi connectivity index (χ1) is 3.93. The summed E-state index contributed by atoms with van der Waals surface area (Å²) in [5, 5.41) is 3.54. The van der Waals surface area contributed by atoms with Crippen molar-refractivity contribution in [3.8, 4) is 0 Å². The van der Waals surface area contributed by atoms with Crippen LogP contribution in [0.3, 0.4) is 0 Å². The average Bonchev–Trinajstić information content (AvgIpc) is 2.19. The molecule has 0 aliphatic heterocycles. The van der Waals surface area contributed by atoms with Crippen LogP contribution in [0.25, 0.3) is 0 Å². The molecule has 44 valence electrons. The molecule has 0 radical (unpaired) electrons. The minimum absolute atomic E-state index is 0.541. The third-order valence-electron chi connectivity index (χ3n) is 0.725. The molecule has 0 atom stereocenters. The normalized spacial score (nSPS) is 9.62. The van der Waals surface area contributed by atoms with Crippen molar-refractivity contribution in [3.63, 3.8) is 0 Å². The molecule has 0 bridgehead atoms. The highest BCUT2D eigenvalue weighted by molar-refractivity contribution is 6.17. The Hall–Kier alpha value is -0.570. The molecule has 0 N–H and O–H groups in total. The average molecular weight is 133 g/mol. The quantitative estimate of drug-likeness (QED) is 0.560. The Balaban J connectivity index is 2.50. The lowest BCUT2D eigenvalue weighted by atomic mass is 10.5. The van der Waals surface area contributed by atoms with Crippen molar-refractivity contribution >= 4 is 11.6 Å². The number of rotatable bonds is 2. The molecule has 0 fully saturated rings. The third-order valence-corrected chi connectivity index (χ3v) is 0.914. The summed E-state index contributed by atoms with van der Waals surface area (Å²) < 4.78 is 4.45. The molecule has 3 nitrogen and oxygen atoms in total. The molecule has 0 amide bonds. The molecule has 0 spiro atoms. The van der Waals surface area contributed by atoms with Gasteiger partial charge in [-0.25, -0.2) is 0 Å². The topological polar surface area (TPSA) is 38.9 Å². The van der Waals surface area contributed by atoms with Gasteiger partial charge in [0.05, 0.1) is 0 Å². The number of aromatic nitrogens is 2. The Bertz CT molecular complexity index is 140. The SMILES string of the molecule is ClCCc1ncon1. The van der Waals surface area contributed by atoms with Crippen LogP contribution in [-0.4, -0.2) is 16.0 Å². The largest absolute Gasteiger partial charge is 0.343 e. The first kappa shape index (κ1) is 5.56. The summed E-state index contributed by atoms with van der Waals surface area (Å²) in [6.07, 6.45) is 1.97. The zero-order valence-electron chi connectivity index (χ0n) is 4.17. The van der Waals surface area contributed by atoms with E-state index < -0.39 is 0 Å². The van der Waals surface area contributed by atoms with Crippen molar-refractivity contribution in [1.82, 2.24) is 10.1 Å². The van der Waals surface area contributed by atoms with Crippen LogP contribution in [0.2, 0.25) is 0 Å². The molecule has 1 aromatic rings. The Morgan fingerprint density at radius 3 is 3.12 bits per heavy atom. The van der Waals surface area contributed by atoms with Crippen LogP contribution >= 0.6 is 11.6 Å². The van der Waals surface area contributed by atoms with Crippen molar-refractivity contribution < 1.29 is 4.52 Å². The van der Waals surface area contributed by atoms with Gasteiger partial charge >= 0.3 is 0 Å². The zero-order valence-corrected chi connectivity index (χ0v) is 4.93. The van der Waals surface area contributed by atoms with Gasteiger partial charge in [0.25, 0.3) is 0 Å². The Labute approximate surface area is 51.6 Å². The maximum atomic E-state index is 5.37. The second-order valence-corrected chi connectivity index (χ2v) is 1.66. The molecule has 0 aliphatic carbocycles. The molecular weight excluding hydrogens is 128 g/mol. The van der Waals surface area contributed by atoms with Gasteiger partial charge in [0.15, 0.2) is 5.82 Å². The summed E-state index contributed by atoms with van der Waals surface area (Å²) >= 11 is 5.37. The van der Waals surface area contributed by atoms with Crippen LogP contribution < -0.4 is 0 Å². The molecule has 8 heavy (non-hydrogen) atoms. The minimum atomic E-state index is 0.541. The number of halogens is 1. The van der Waals surface area contributed by atoms with Crippen LogP contribution in [0.1, 0.15) is 5.82 Å². The molecule has 0 aromatic carbocycles. The van der Waals surface area contributed by atoms with Gasteiger partial charge in [0, 0.05) is 12.3 Å². The number of hydrogen-bond acceptors (Lipinski definition) is 3. The van der Waals surface area contributed by atoms with E-state index in [-0.39, 0.29) is 0 Å². The van der Waals surface area contributed by atoms with E-state index in [0.29, 0.717) is 18.1 Å². The summed E-state index contributed by atoms with van der Waals surface area (Å²) in [4.78, 5) is 3.74. The van der Waals surface area contributed by atoms with E-state index in [1.54, 1.807) is 0 Å². The summed E-state index contributed by atoms with van der Waals surface area (Å²) in [7, 11) is 0. The lowest BCUT2D eigenvalue weighted by Gasteiger charge is -1.79. The van der Waals surface area contributed by atoms with Gasteiger partial charge in [0.2, 0.25) is 6.39 Å². The number of aryl methyl sites for hydroxylation is 1. The predicted molar refractivity (Wildman–Crippen MR) is 28.7 cm³/mol. The number of nitrogens with zero attached hydrogens (tertiary/aromatic N) is 2. The monoisotopic (exact) mass is 132 g/mol. The second-order valence-electron chi connectivity index (χ2n) is 1.29. The number of alkyl halides is 1.